The van der Waals surface area contributed by atoms with Crippen LogP contribution in [-0.4, -0.2) is 23.1 Å². The number of ether oxygens (including phenoxy) is 1. The van der Waals surface area contributed by atoms with Crippen molar-refractivity contribution in [2.45, 2.75) is 84.2 Å². The van der Waals surface area contributed by atoms with Crippen LogP contribution in [0.5, 0.6) is 0 Å². The third kappa shape index (κ3) is 8.19. The van der Waals surface area contributed by atoms with Crippen LogP contribution in [0.1, 0.15) is 98.8 Å². The Hall–Kier alpha value is -1.84. The highest BCUT2D eigenvalue weighted by atomic mass is 16.5. The van der Waals surface area contributed by atoms with E-state index < -0.39 is 11.9 Å². The summed E-state index contributed by atoms with van der Waals surface area (Å²) in [7, 11) is 0. The summed E-state index contributed by atoms with van der Waals surface area (Å²) in [5.41, 5.74) is 0.124. The minimum absolute atomic E-state index is 0.00516. The van der Waals surface area contributed by atoms with E-state index >= 15 is 0 Å². The first kappa shape index (κ1) is 21.2. The molecule has 0 aliphatic rings. The zero-order valence-corrected chi connectivity index (χ0v) is 15.6. The molecule has 1 aromatic carbocycles. The van der Waals surface area contributed by atoms with Crippen LogP contribution in [0, 0.1) is 0 Å². The van der Waals surface area contributed by atoms with E-state index in [4.69, 9.17) is 4.74 Å². The van der Waals surface area contributed by atoms with E-state index in [-0.39, 0.29) is 17.2 Å². The summed E-state index contributed by atoms with van der Waals surface area (Å²) >= 11 is 0. The van der Waals surface area contributed by atoms with Gasteiger partial charge in [0, 0.05) is 0 Å². The van der Waals surface area contributed by atoms with Crippen LogP contribution in [0.4, 0.5) is 0 Å². The Kier molecular flexibility index (Phi) is 10.6. The van der Waals surface area contributed by atoms with E-state index in [1.165, 1.54) is 50.7 Å². The van der Waals surface area contributed by atoms with Gasteiger partial charge in [-0.05, 0) is 31.4 Å². The van der Waals surface area contributed by atoms with Crippen LogP contribution in [-0.2, 0) is 4.74 Å². The number of aromatic carboxylic acids is 1. The molecule has 0 aliphatic heterocycles. The summed E-state index contributed by atoms with van der Waals surface area (Å²) in [5.74, 6) is -1.65. The summed E-state index contributed by atoms with van der Waals surface area (Å²) < 4.78 is 5.53. The van der Waals surface area contributed by atoms with E-state index in [2.05, 4.69) is 6.92 Å². The normalized spacial score (nSPS) is 11.9. The third-order valence-corrected chi connectivity index (χ3v) is 4.49. The number of hydrogen-bond donors (Lipinski definition) is 1. The first-order valence-electron chi connectivity index (χ1n) is 9.63. The van der Waals surface area contributed by atoms with Crippen molar-refractivity contribution < 1.29 is 19.4 Å². The zero-order valence-electron chi connectivity index (χ0n) is 15.6. The first-order chi connectivity index (χ1) is 12.1. The van der Waals surface area contributed by atoms with Crippen molar-refractivity contribution in [1.82, 2.24) is 0 Å². The van der Waals surface area contributed by atoms with Crippen molar-refractivity contribution >= 4 is 11.9 Å². The molecule has 0 heterocycles. The Morgan fingerprint density at radius 1 is 0.920 bits per heavy atom. The quantitative estimate of drug-likeness (QED) is 0.359. The van der Waals surface area contributed by atoms with Crippen LogP contribution in [0.25, 0.3) is 0 Å². The first-order valence-corrected chi connectivity index (χ1v) is 9.63. The fraction of sp³-hybridized carbons (Fsp3) is 0.619. The van der Waals surface area contributed by atoms with Gasteiger partial charge in [-0.1, -0.05) is 70.9 Å². The number of carboxylic acids is 1. The number of rotatable bonds is 13. The molecular weight excluding hydrogens is 316 g/mol. The molecule has 0 saturated heterocycles. The molecule has 0 saturated carbocycles. The van der Waals surface area contributed by atoms with Crippen molar-refractivity contribution in [1.29, 1.82) is 0 Å². The molecule has 0 bridgehead atoms. The molecule has 1 N–H and O–H groups in total. The fourth-order valence-electron chi connectivity index (χ4n) is 2.91. The second-order valence-electron chi connectivity index (χ2n) is 6.55. The number of esters is 1. The average Bonchev–Trinajstić information content (AvgIpc) is 2.62. The van der Waals surface area contributed by atoms with Crippen LogP contribution < -0.4 is 0 Å². The molecular formula is C21H32O4. The lowest BCUT2D eigenvalue weighted by atomic mass is 10.0. The number of carboxylic acid groups (broad SMARTS) is 1. The van der Waals surface area contributed by atoms with Crippen LogP contribution >= 0.6 is 0 Å². The summed E-state index contributed by atoms with van der Waals surface area (Å²) in [6.07, 6.45) is 11.4. The highest BCUT2D eigenvalue weighted by molar-refractivity contribution is 6.02. The SMILES string of the molecule is CCCCCCCCCC[C@H](CC)OC(=O)c1ccccc1C(=O)O. The van der Waals surface area contributed by atoms with Gasteiger partial charge in [0.05, 0.1) is 11.1 Å². The van der Waals surface area contributed by atoms with Gasteiger partial charge in [-0.15, -0.1) is 0 Å². The summed E-state index contributed by atoms with van der Waals surface area (Å²) in [4.78, 5) is 23.5. The van der Waals surface area contributed by atoms with E-state index in [9.17, 15) is 14.7 Å². The van der Waals surface area contributed by atoms with E-state index in [1.54, 1.807) is 12.1 Å². The molecule has 1 atom stereocenters. The fourth-order valence-corrected chi connectivity index (χ4v) is 2.91. The molecule has 25 heavy (non-hydrogen) atoms. The average molecular weight is 348 g/mol. The van der Waals surface area contributed by atoms with Gasteiger partial charge in [0.2, 0.25) is 0 Å². The number of unbranched alkanes of at least 4 members (excludes halogenated alkanes) is 7. The molecule has 1 rings (SSSR count). The molecule has 140 valence electrons. The molecule has 0 spiro atoms. The zero-order chi connectivity index (χ0) is 18.5. The second kappa shape index (κ2) is 12.5. The van der Waals surface area contributed by atoms with Gasteiger partial charge in [0.15, 0.2) is 0 Å². The minimum atomic E-state index is -1.11. The predicted octanol–water partition coefficient (Wildman–Crippen LogP) is 5.85. The molecule has 1 aromatic rings. The lowest BCUT2D eigenvalue weighted by molar-refractivity contribution is 0.0262. The molecule has 0 fully saturated rings. The smallest absolute Gasteiger partial charge is 0.339 e. The molecule has 0 radical (unpaired) electrons. The number of benzene rings is 1. The minimum Gasteiger partial charge on any atom is -0.478 e. The number of carbonyl (C=O) groups is 2. The van der Waals surface area contributed by atoms with Gasteiger partial charge in [-0.2, -0.15) is 0 Å². The van der Waals surface area contributed by atoms with Gasteiger partial charge >= 0.3 is 11.9 Å². The summed E-state index contributed by atoms with van der Waals surface area (Å²) in [5, 5.41) is 9.18. The molecule has 0 unspecified atom stereocenters. The van der Waals surface area contributed by atoms with Crippen LogP contribution in [0.3, 0.4) is 0 Å². The van der Waals surface area contributed by atoms with Gasteiger partial charge < -0.3 is 9.84 Å². The van der Waals surface area contributed by atoms with Crippen molar-refractivity contribution in [3.05, 3.63) is 35.4 Å². The highest BCUT2D eigenvalue weighted by Gasteiger charge is 2.20. The Labute approximate surface area is 151 Å². The maximum atomic E-state index is 12.3. The summed E-state index contributed by atoms with van der Waals surface area (Å²) in [6, 6.07) is 6.20. The molecule has 0 amide bonds. The maximum absolute atomic E-state index is 12.3. The Morgan fingerprint density at radius 3 is 2.04 bits per heavy atom. The van der Waals surface area contributed by atoms with Gasteiger partial charge in [-0.25, -0.2) is 9.59 Å². The number of hydrogen-bond acceptors (Lipinski definition) is 3. The van der Waals surface area contributed by atoms with Crippen molar-refractivity contribution in [2.75, 3.05) is 0 Å². The maximum Gasteiger partial charge on any atom is 0.339 e. The molecule has 4 nitrogen and oxygen atoms in total. The van der Waals surface area contributed by atoms with E-state index in [0.29, 0.717) is 0 Å². The van der Waals surface area contributed by atoms with Crippen LogP contribution in [0.2, 0.25) is 0 Å². The Balaban J connectivity index is 2.36. The van der Waals surface area contributed by atoms with Crippen molar-refractivity contribution in [3.8, 4) is 0 Å². The Morgan fingerprint density at radius 2 is 1.48 bits per heavy atom. The highest BCUT2D eigenvalue weighted by Crippen LogP contribution is 2.17. The molecule has 0 aromatic heterocycles. The van der Waals surface area contributed by atoms with Crippen LogP contribution in [0.15, 0.2) is 24.3 Å². The van der Waals surface area contributed by atoms with Crippen molar-refractivity contribution in [2.24, 2.45) is 0 Å². The van der Waals surface area contributed by atoms with Gasteiger partial charge in [0.1, 0.15) is 6.10 Å². The largest absolute Gasteiger partial charge is 0.478 e. The predicted molar refractivity (Wildman–Crippen MR) is 100 cm³/mol. The lowest BCUT2D eigenvalue weighted by Gasteiger charge is -2.17. The summed E-state index contributed by atoms with van der Waals surface area (Å²) in [6.45, 7) is 4.22. The third-order valence-electron chi connectivity index (χ3n) is 4.49. The van der Waals surface area contributed by atoms with Gasteiger partial charge in [-0.3, -0.25) is 0 Å². The lowest BCUT2D eigenvalue weighted by Crippen LogP contribution is -2.19. The number of carbonyl (C=O) groups excluding carboxylic acids is 1. The Bertz CT molecular complexity index is 524. The topological polar surface area (TPSA) is 63.6 Å². The standard InChI is InChI=1S/C21H32O4/c1-3-5-6-7-8-9-10-11-14-17(4-2)25-21(24)19-16-13-12-15-18(19)20(22)23/h12-13,15-17H,3-11,14H2,1-2H3,(H,22,23)/t17-/m0/s1. The van der Waals surface area contributed by atoms with E-state index in [1.807, 2.05) is 6.92 Å². The van der Waals surface area contributed by atoms with Crippen molar-refractivity contribution in [3.63, 3.8) is 0 Å². The second-order valence-corrected chi connectivity index (χ2v) is 6.55. The molecule has 0 aliphatic carbocycles. The monoisotopic (exact) mass is 348 g/mol. The van der Waals surface area contributed by atoms with Gasteiger partial charge in [0.25, 0.3) is 0 Å². The van der Waals surface area contributed by atoms with E-state index in [0.717, 1.165) is 25.7 Å². The molecule has 4 heteroatoms.